The van der Waals surface area contributed by atoms with Crippen molar-refractivity contribution in [1.82, 2.24) is 4.90 Å². The van der Waals surface area contributed by atoms with Crippen molar-refractivity contribution in [2.75, 3.05) is 20.2 Å². The van der Waals surface area contributed by atoms with Crippen LogP contribution in [0.1, 0.15) is 84.8 Å². The number of rotatable bonds is 4. The van der Waals surface area contributed by atoms with Crippen molar-refractivity contribution in [2.24, 2.45) is 28.6 Å². The van der Waals surface area contributed by atoms with Gasteiger partial charge in [-0.1, -0.05) is 33.8 Å². The number of ether oxygens (including phenoxy) is 2. The molecule has 2 N–H and O–H groups in total. The number of hydrogen-bond acceptors (Lipinski definition) is 5. The van der Waals surface area contributed by atoms with Gasteiger partial charge in [-0.25, -0.2) is 0 Å². The lowest BCUT2D eigenvalue weighted by Crippen LogP contribution is -2.83. The summed E-state index contributed by atoms with van der Waals surface area (Å²) in [7, 11) is 1.83. The lowest BCUT2D eigenvalue weighted by Gasteiger charge is -2.76. The summed E-state index contributed by atoms with van der Waals surface area (Å²) in [5.74, 6) is 2.05. The van der Waals surface area contributed by atoms with Crippen LogP contribution in [0.5, 0.6) is 11.5 Å². The van der Waals surface area contributed by atoms with E-state index < -0.39 is 11.2 Å². The number of aromatic hydroxyl groups is 1. The van der Waals surface area contributed by atoms with Crippen LogP contribution in [-0.2, 0) is 10.2 Å². The molecule has 8 atom stereocenters. The molecular weight excluding hydrogens is 450 g/mol. The molecule has 4 aliphatic carbocycles. The van der Waals surface area contributed by atoms with Gasteiger partial charge in [-0.2, -0.15) is 0 Å². The van der Waals surface area contributed by atoms with Crippen molar-refractivity contribution in [3.05, 3.63) is 23.3 Å². The number of phenols is 1. The zero-order valence-electron chi connectivity index (χ0n) is 23.6. The average Bonchev–Trinajstić information content (AvgIpc) is 3.55. The van der Waals surface area contributed by atoms with Gasteiger partial charge < -0.3 is 19.7 Å². The molecule has 2 aliphatic heterocycles. The summed E-state index contributed by atoms with van der Waals surface area (Å²) in [4.78, 5) is 2.76. The number of piperidine rings is 1. The van der Waals surface area contributed by atoms with Crippen LogP contribution in [0.2, 0.25) is 0 Å². The maximum absolute atomic E-state index is 12.3. The zero-order valence-corrected chi connectivity index (χ0v) is 23.6. The lowest BCUT2D eigenvalue weighted by molar-refractivity contribution is -0.325. The third-order valence-corrected chi connectivity index (χ3v) is 12.2. The van der Waals surface area contributed by atoms with E-state index in [0.717, 1.165) is 31.7 Å². The van der Waals surface area contributed by atoms with Crippen LogP contribution in [0.4, 0.5) is 0 Å². The van der Waals surface area contributed by atoms with Crippen molar-refractivity contribution in [1.29, 1.82) is 0 Å². The molecule has 2 spiro atoms. The fraction of sp³-hybridized carbons (Fsp3) is 0.806. The Morgan fingerprint density at radius 3 is 2.44 bits per heavy atom. The second kappa shape index (κ2) is 7.42. The molecule has 5 fully saturated rings. The summed E-state index contributed by atoms with van der Waals surface area (Å²) in [6.45, 7) is 17.8. The quantitative estimate of drug-likeness (QED) is 0.581. The number of hydrogen-bond donors (Lipinski definition) is 2. The minimum absolute atomic E-state index is 0.0792. The Hall–Kier alpha value is -1.30. The maximum Gasteiger partial charge on any atom is 0.165 e. The molecule has 2 heterocycles. The zero-order chi connectivity index (χ0) is 26.1. The second-order valence-corrected chi connectivity index (χ2v) is 14.4. The molecule has 0 radical (unpaired) electrons. The van der Waals surface area contributed by atoms with Gasteiger partial charge in [0.25, 0.3) is 0 Å². The average molecular weight is 498 g/mol. The maximum atomic E-state index is 12.3. The summed E-state index contributed by atoms with van der Waals surface area (Å²) < 4.78 is 13.6. The fourth-order valence-electron chi connectivity index (χ4n) is 9.81. The van der Waals surface area contributed by atoms with E-state index in [1.165, 1.54) is 30.5 Å². The number of aryl methyl sites for hydroxylation is 1. The van der Waals surface area contributed by atoms with Gasteiger partial charge in [0.05, 0.1) is 5.60 Å². The molecule has 1 unspecified atom stereocenters. The summed E-state index contributed by atoms with van der Waals surface area (Å²) in [6.07, 6.45) is 5.25. The summed E-state index contributed by atoms with van der Waals surface area (Å²) in [6, 6.07) is 4.21. The Balaban J connectivity index is 1.62. The molecule has 200 valence electrons. The Bertz CT molecular complexity index is 1070. The molecule has 0 aromatic heterocycles. The molecule has 36 heavy (non-hydrogen) atoms. The number of fused-ring (bicyclic) bond motifs is 3. The van der Waals surface area contributed by atoms with Gasteiger partial charge in [0, 0.05) is 42.0 Å². The van der Waals surface area contributed by atoms with E-state index in [-0.39, 0.29) is 34.0 Å². The van der Waals surface area contributed by atoms with E-state index >= 15 is 0 Å². The third kappa shape index (κ3) is 2.73. The predicted molar refractivity (Wildman–Crippen MR) is 141 cm³/mol. The van der Waals surface area contributed by atoms with Gasteiger partial charge in [-0.05, 0) is 88.3 Å². The highest BCUT2D eigenvalue weighted by atomic mass is 16.6. The largest absolute Gasteiger partial charge is 0.504 e. The highest BCUT2D eigenvalue weighted by Crippen LogP contribution is 2.77. The molecule has 5 heteroatoms. The molecule has 4 saturated carbocycles. The molecule has 2 bridgehead atoms. The smallest absolute Gasteiger partial charge is 0.165 e. The molecule has 7 rings (SSSR count). The molecule has 1 aromatic rings. The highest BCUT2D eigenvalue weighted by molar-refractivity contribution is 5.61. The molecule has 6 aliphatic rings. The molecule has 0 amide bonds. The highest BCUT2D eigenvalue weighted by Gasteiger charge is 2.82. The van der Waals surface area contributed by atoms with E-state index in [9.17, 15) is 10.2 Å². The van der Waals surface area contributed by atoms with Crippen molar-refractivity contribution in [2.45, 2.75) is 109 Å². The fourth-order valence-corrected chi connectivity index (χ4v) is 9.81. The Labute approximate surface area is 217 Å². The summed E-state index contributed by atoms with van der Waals surface area (Å²) >= 11 is 0. The Kier molecular flexibility index (Phi) is 5.15. The Morgan fingerprint density at radius 2 is 1.83 bits per heavy atom. The minimum Gasteiger partial charge on any atom is -0.504 e. The third-order valence-electron chi connectivity index (χ3n) is 12.2. The van der Waals surface area contributed by atoms with E-state index in [2.05, 4.69) is 52.5 Å². The van der Waals surface area contributed by atoms with Gasteiger partial charge in [0.15, 0.2) is 11.5 Å². The lowest BCUT2D eigenvalue weighted by atomic mass is 9.32. The number of nitrogens with zero attached hydrogens (tertiary/aromatic N) is 1. The van der Waals surface area contributed by atoms with Crippen LogP contribution in [0.25, 0.3) is 0 Å². The summed E-state index contributed by atoms with van der Waals surface area (Å²) in [5, 5.41) is 23.4. The number of aliphatic hydroxyl groups is 1. The molecule has 1 aromatic carbocycles. The molecule has 5 nitrogen and oxygen atoms in total. The van der Waals surface area contributed by atoms with Crippen LogP contribution >= 0.6 is 0 Å². The number of benzene rings is 1. The first-order valence-electron chi connectivity index (χ1n) is 14.3. The predicted octanol–water partition coefficient (Wildman–Crippen LogP) is 5.43. The standard InChI is InChI=1S/C31H47NO4/c1-18-9-12-22(33)25-24(18)29-13-14-32(17-21-10-11-21)20(3)30(29)16-23(28(7,34)27(4,5)6)31(35-8,15-19(30)2)26(29)36-25/h9,12,19-21,23,26,33-34H,10-11,13-17H2,1-8H3/t19?,20-,23-,26-,28+,29+,30+,31-/m1/s1. The van der Waals surface area contributed by atoms with Crippen molar-refractivity contribution in [3.8, 4) is 11.5 Å². The van der Waals surface area contributed by atoms with Crippen LogP contribution in [0.15, 0.2) is 12.1 Å². The van der Waals surface area contributed by atoms with Gasteiger partial charge in [-0.15, -0.1) is 0 Å². The van der Waals surface area contributed by atoms with Crippen molar-refractivity contribution >= 4 is 0 Å². The van der Waals surface area contributed by atoms with E-state index in [1.54, 1.807) is 6.07 Å². The minimum atomic E-state index is -0.948. The first kappa shape index (κ1) is 25.0. The van der Waals surface area contributed by atoms with Crippen molar-refractivity contribution < 1.29 is 19.7 Å². The number of phenolic OH excluding ortho intramolecular Hbond substituents is 1. The van der Waals surface area contributed by atoms with Gasteiger partial charge >= 0.3 is 0 Å². The number of likely N-dealkylation sites (tertiary alicyclic amines) is 1. The number of methoxy groups -OCH3 is 1. The van der Waals surface area contributed by atoms with Crippen molar-refractivity contribution in [3.63, 3.8) is 0 Å². The summed E-state index contributed by atoms with van der Waals surface area (Å²) in [5.41, 5.74) is 0.185. The topological polar surface area (TPSA) is 62.2 Å². The molecular formula is C31H47NO4. The van der Waals surface area contributed by atoms with E-state index in [1.807, 2.05) is 14.0 Å². The van der Waals surface area contributed by atoms with E-state index in [0.29, 0.717) is 17.7 Å². The van der Waals surface area contributed by atoms with Crippen LogP contribution in [0, 0.1) is 35.5 Å². The van der Waals surface area contributed by atoms with Crippen LogP contribution in [0.3, 0.4) is 0 Å². The second-order valence-electron chi connectivity index (χ2n) is 14.4. The Morgan fingerprint density at radius 1 is 1.14 bits per heavy atom. The van der Waals surface area contributed by atoms with Gasteiger partial charge in [0.2, 0.25) is 0 Å². The SMILES string of the molecule is CO[C@]12CC(C)[C@@]3(C[C@@H]1[C@](C)(O)C(C)(C)C)[C@@H](C)N(CC1CC1)CC[C@@]31c3c(C)ccc(O)c3O[C@@H]21. The normalized spacial score (nSPS) is 43.4. The van der Waals surface area contributed by atoms with Crippen LogP contribution < -0.4 is 4.74 Å². The van der Waals surface area contributed by atoms with Gasteiger partial charge in [0.1, 0.15) is 11.7 Å². The monoisotopic (exact) mass is 497 g/mol. The first-order chi connectivity index (χ1) is 16.8. The van der Waals surface area contributed by atoms with Gasteiger partial charge in [-0.3, -0.25) is 4.90 Å². The van der Waals surface area contributed by atoms with Crippen LogP contribution in [-0.4, -0.2) is 58.7 Å². The van der Waals surface area contributed by atoms with E-state index in [4.69, 9.17) is 9.47 Å². The first-order valence-corrected chi connectivity index (χ1v) is 14.3. The molecule has 1 saturated heterocycles.